The fourth-order valence-electron chi connectivity index (χ4n) is 1.98. The summed E-state index contributed by atoms with van der Waals surface area (Å²) in [6, 6.07) is 7.58. The third-order valence-corrected chi connectivity index (χ3v) is 2.89. The summed E-state index contributed by atoms with van der Waals surface area (Å²) in [5, 5.41) is 22.0. The lowest BCUT2D eigenvalue weighted by molar-refractivity contribution is 0.157. The van der Waals surface area contributed by atoms with Crippen LogP contribution in [0.5, 0.6) is 5.75 Å². The Balaban J connectivity index is 2.55. The zero-order chi connectivity index (χ0) is 12.9. The smallest absolute Gasteiger partial charge is 0.115 e. The zero-order valence-electron chi connectivity index (χ0n) is 10.9. The molecule has 0 aliphatic heterocycles. The van der Waals surface area contributed by atoms with Crippen molar-refractivity contribution in [3.05, 3.63) is 29.8 Å². The number of benzene rings is 1. The normalized spacial score (nSPS) is 14.9. The average molecular weight is 237 g/mol. The van der Waals surface area contributed by atoms with Crippen LogP contribution in [0.3, 0.4) is 0 Å². The van der Waals surface area contributed by atoms with Crippen LogP contribution in [-0.2, 0) is 6.42 Å². The van der Waals surface area contributed by atoms with E-state index < -0.39 is 0 Å². The van der Waals surface area contributed by atoms with Crippen molar-refractivity contribution in [2.45, 2.75) is 45.2 Å². The van der Waals surface area contributed by atoms with Crippen molar-refractivity contribution >= 4 is 0 Å². The van der Waals surface area contributed by atoms with Crippen LogP contribution >= 0.6 is 0 Å². The first kappa shape index (κ1) is 14.0. The minimum atomic E-state index is -0.244. The monoisotopic (exact) mass is 237 g/mol. The van der Waals surface area contributed by atoms with E-state index in [1.165, 1.54) is 5.56 Å². The number of phenolic OH excluding ortho intramolecular Hbond substituents is 1. The molecule has 1 atom stereocenters. The molecule has 0 amide bonds. The van der Waals surface area contributed by atoms with Gasteiger partial charge in [-0.2, -0.15) is 0 Å². The SMILES string of the molecule is CC(C)NC(C)(CO)CCc1ccc(O)cc1. The molecule has 3 heteroatoms. The molecule has 0 aliphatic rings. The Morgan fingerprint density at radius 2 is 1.82 bits per heavy atom. The lowest BCUT2D eigenvalue weighted by atomic mass is 9.93. The van der Waals surface area contributed by atoms with Crippen molar-refractivity contribution in [2.24, 2.45) is 0 Å². The van der Waals surface area contributed by atoms with Crippen molar-refractivity contribution in [1.29, 1.82) is 0 Å². The predicted molar refractivity (Wildman–Crippen MR) is 70.2 cm³/mol. The number of nitrogens with one attached hydrogen (secondary N) is 1. The summed E-state index contributed by atoms with van der Waals surface area (Å²) in [6.45, 7) is 6.32. The Kier molecular flexibility index (Phi) is 4.97. The van der Waals surface area contributed by atoms with E-state index in [2.05, 4.69) is 19.2 Å². The zero-order valence-corrected chi connectivity index (χ0v) is 10.9. The molecule has 0 saturated carbocycles. The number of rotatable bonds is 6. The largest absolute Gasteiger partial charge is 0.508 e. The highest BCUT2D eigenvalue weighted by Gasteiger charge is 2.23. The van der Waals surface area contributed by atoms with Gasteiger partial charge in [0, 0.05) is 11.6 Å². The van der Waals surface area contributed by atoms with Gasteiger partial charge in [-0.3, -0.25) is 0 Å². The van der Waals surface area contributed by atoms with Gasteiger partial charge in [0.25, 0.3) is 0 Å². The summed E-state index contributed by atoms with van der Waals surface area (Å²) in [6.07, 6.45) is 1.75. The summed E-state index contributed by atoms with van der Waals surface area (Å²) in [4.78, 5) is 0. The van der Waals surface area contributed by atoms with E-state index in [1.54, 1.807) is 12.1 Å². The van der Waals surface area contributed by atoms with E-state index in [4.69, 9.17) is 0 Å². The first-order chi connectivity index (χ1) is 7.95. The lowest BCUT2D eigenvalue weighted by Crippen LogP contribution is -2.49. The summed E-state index contributed by atoms with van der Waals surface area (Å²) in [5.41, 5.74) is 0.930. The van der Waals surface area contributed by atoms with Gasteiger partial charge in [-0.05, 0) is 37.5 Å². The minimum absolute atomic E-state index is 0.128. The Bertz CT molecular complexity index is 335. The number of phenols is 1. The van der Waals surface area contributed by atoms with Crippen molar-refractivity contribution in [3.8, 4) is 5.75 Å². The number of aromatic hydroxyl groups is 1. The van der Waals surface area contributed by atoms with Gasteiger partial charge in [-0.15, -0.1) is 0 Å². The van der Waals surface area contributed by atoms with Crippen LogP contribution in [0.25, 0.3) is 0 Å². The second-order valence-electron chi connectivity index (χ2n) is 5.18. The fraction of sp³-hybridized carbons (Fsp3) is 0.571. The molecule has 0 aromatic heterocycles. The van der Waals surface area contributed by atoms with Gasteiger partial charge in [0.05, 0.1) is 6.61 Å². The minimum Gasteiger partial charge on any atom is -0.508 e. The highest BCUT2D eigenvalue weighted by atomic mass is 16.3. The maximum absolute atomic E-state index is 9.45. The molecule has 1 rings (SSSR count). The molecule has 96 valence electrons. The van der Waals surface area contributed by atoms with E-state index in [1.807, 2.05) is 19.1 Å². The van der Waals surface area contributed by atoms with Crippen molar-refractivity contribution < 1.29 is 10.2 Å². The van der Waals surface area contributed by atoms with Crippen LogP contribution in [-0.4, -0.2) is 28.4 Å². The average Bonchev–Trinajstić information content (AvgIpc) is 2.27. The molecule has 1 aromatic carbocycles. The Labute approximate surface area is 103 Å². The van der Waals surface area contributed by atoms with Gasteiger partial charge in [0.1, 0.15) is 5.75 Å². The number of hydrogen-bond acceptors (Lipinski definition) is 3. The number of aliphatic hydroxyl groups excluding tert-OH is 1. The van der Waals surface area contributed by atoms with Crippen molar-refractivity contribution in [3.63, 3.8) is 0 Å². The standard InChI is InChI=1S/C14H23NO2/c1-11(2)15-14(3,10-16)9-8-12-4-6-13(17)7-5-12/h4-7,11,15-17H,8-10H2,1-3H3. The molecule has 3 nitrogen and oxygen atoms in total. The van der Waals surface area contributed by atoms with Gasteiger partial charge < -0.3 is 15.5 Å². The Morgan fingerprint density at radius 1 is 1.24 bits per heavy atom. The van der Waals surface area contributed by atoms with Crippen molar-refractivity contribution in [1.82, 2.24) is 5.32 Å². The quantitative estimate of drug-likeness (QED) is 0.710. The molecule has 1 aromatic rings. The lowest BCUT2D eigenvalue weighted by Gasteiger charge is -2.31. The van der Waals surface area contributed by atoms with E-state index in [0.717, 1.165) is 12.8 Å². The first-order valence-electron chi connectivity index (χ1n) is 6.12. The first-order valence-corrected chi connectivity index (χ1v) is 6.12. The summed E-state index contributed by atoms with van der Waals surface area (Å²) in [7, 11) is 0. The molecular formula is C14H23NO2. The molecule has 3 N–H and O–H groups in total. The fourth-order valence-corrected chi connectivity index (χ4v) is 1.98. The van der Waals surface area contributed by atoms with Crippen LogP contribution in [0, 0.1) is 0 Å². The third-order valence-electron chi connectivity index (χ3n) is 2.89. The predicted octanol–water partition coefficient (Wildman–Crippen LogP) is 2.07. The van der Waals surface area contributed by atoms with E-state index in [9.17, 15) is 10.2 Å². The van der Waals surface area contributed by atoms with Gasteiger partial charge in [-0.1, -0.05) is 26.0 Å². The number of hydrogen-bond donors (Lipinski definition) is 3. The molecule has 0 bridgehead atoms. The highest BCUT2D eigenvalue weighted by molar-refractivity contribution is 5.26. The second kappa shape index (κ2) is 6.03. The van der Waals surface area contributed by atoms with Crippen molar-refractivity contribution in [2.75, 3.05) is 6.61 Å². The Morgan fingerprint density at radius 3 is 2.29 bits per heavy atom. The van der Waals surface area contributed by atoms with Crippen LogP contribution in [0.1, 0.15) is 32.8 Å². The third kappa shape index (κ3) is 4.75. The van der Waals surface area contributed by atoms with E-state index in [0.29, 0.717) is 11.8 Å². The van der Waals surface area contributed by atoms with Gasteiger partial charge in [0.2, 0.25) is 0 Å². The van der Waals surface area contributed by atoms with Crippen LogP contribution in [0.15, 0.2) is 24.3 Å². The summed E-state index contributed by atoms with van der Waals surface area (Å²) >= 11 is 0. The molecule has 0 fully saturated rings. The van der Waals surface area contributed by atoms with E-state index in [-0.39, 0.29) is 12.1 Å². The van der Waals surface area contributed by atoms with Gasteiger partial charge in [0.15, 0.2) is 0 Å². The molecule has 17 heavy (non-hydrogen) atoms. The molecule has 1 unspecified atom stereocenters. The molecule has 0 aliphatic carbocycles. The van der Waals surface area contributed by atoms with Crippen LogP contribution in [0.4, 0.5) is 0 Å². The maximum atomic E-state index is 9.45. The number of aliphatic hydroxyl groups is 1. The highest BCUT2D eigenvalue weighted by Crippen LogP contribution is 2.16. The molecular weight excluding hydrogens is 214 g/mol. The summed E-state index contributed by atoms with van der Waals surface area (Å²) < 4.78 is 0. The molecule has 0 radical (unpaired) electrons. The molecule has 0 heterocycles. The van der Waals surface area contributed by atoms with Gasteiger partial charge >= 0.3 is 0 Å². The van der Waals surface area contributed by atoms with Crippen LogP contribution in [0.2, 0.25) is 0 Å². The van der Waals surface area contributed by atoms with Gasteiger partial charge in [-0.25, -0.2) is 0 Å². The van der Waals surface area contributed by atoms with E-state index >= 15 is 0 Å². The molecule has 0 saturated heterocycles. The second-order valence-corrected chi connectivity index (χ2v) is 5.18. The number of aryl methyl sites for hydroxylation is 1. The molecule has 0 spiro atoms. The topological polar surface area (TPSA) is 52.5 Å². The maximum Gasteiger partial charge on any atom is 0.115 e. The summed E-state index contributed by atoms with van der Waals surface area (Å²) in [5.74, 6) is 0.291. The Hall–Kier alpha value is -1.06. The van der Waals surface area contributed by atoms with Crippen LogP contribution < -0.4 is 5.32 Å².